The fourth-order valence-corrected chi connectivity index (χ4v) is 1.22. The molecule has 1 heterocycles. The number of aromatic nitrogens is 2. The molecule has 0 saturated heterocycles. The minimum Gasteiger partial charge on any atom is -0.396 e. The van der Waals surface area contributed by atoms with Gasteiger partial charge in [0, 0.05) is 32.1 Å². The summed E-state index contributed by atoms with van der Waals surface area (Å²) in [5.41, 5.74) is 0.469. The number of hydrogen-bond acceptors (Lipinski definition) is 5. The summed E-state index contributed by atoms with van der Waals surface area (Å²) in [5, 5.41) is 8.73. The molecule has 1 N–H and O–H groups in total. The number of carbonyl (C=O) groups is 1. The fourth-order valence-electron chi connectivity index (χ4n) is 1.22. The Morgan fingerprint density at radius 3 is 2.60 bits per heavy atom. The summed E-state index contributed by atoms with van der Waals surface area (Å²) in [6.07, 6.45) is 4.40. The van der Waals surface area contributed by atoms with E-state index in [0.717, 1.165) is 6.54 Å². The SMILES string of the molecule is CCN(CCCO)c1ncc(C=O)cn1. The molecule has 0 aliphatic carbocycles. The molecule has 82 valence electrons. The lowest BCUT2D eigenvalue weighted by molar-refractivity contribution is 0.112. The highest BCUT2D eigenvalue weighted by molar-refractivity contribution is 5.73. The average Bonchev–Trinajstić information content (AvgIpc) is 2.31. The average molecular weight is 209 g/mol. The van der Waals surface area contributed by atoms with Crippen LogP contribution in [0, 0.1) is 0 Å². The maximum Gasteiger partial charge on any atom is 0.225 e. The molecule has 5 heteroatoms. The standard InChI is InChI=1S/C10H15N3O2/c1-2-13(4-3-5-14)10-11-6-9(8-15)7-12-10/h6-8,14H,2-5H2,1H3. The Morgan fingerprint density at radius 1 is 1.47 bits per heavy atom. The highest BCUT2D eigenvalue weighted by Crippen LogP contribution is 2.06. The molecule has 0 saturated carbocycles. The molecule has 0 unspecified atom stereocenters. The number of rotatable bonds is 6. The molecule has 0 aliphatic heterocycles. The van der Waals surface area contributed by atoms with Crippen molar-refractivity contribution in [2.24, 2.45) is 0 Å². The van der Waals surface area contributed by atoms with Crippen LogP contribution in [0.1, 0.15) is 23.7 Å². The second-order valence-corrected chi connectivity index (χ2v) is 3.09. The van der Waals surface area contributed by atoms with E-state index in [4.69, 9.17) is 5.11 Å². The monoisotopic (exact) mass is 209 g/mol. The first-order valence-electron chi connectivity index (χ1n) is 4.94. The first-order valence-corrected chi connectivity index (χ1v) is 4.94. The van der Waals surface area contributed by atoms with Crippen LogP contribution in [0.2, 0.25) is 0 Å². The lowest BCUT2D eigenvalue weighted by atomic mass is 10.4. The Morgan fingerprint density at radius 2 is 2.13 bits per heavy atom. The summed E-state index contributed by atoms with van der Waals surface area (Å²) >= 11 is 0. The van der Waals surface area contributed by atoms with Crippen molar-refractivity contribution in [3.05, 3.63) is 18.0 Å². The Bertz CT molecular complexity index is 300. The zero-order chi connectivity index (χ0) is 11.1. The van der Waals surface area contributed by atoms with Crippen molar-refractivity contribution in [2.45, 2.75) is 13.3 Å². The molecule has 1 rings (SSSR count). The zero-order valence-electron chi connectivity index (χ0n) is 8.76. The van der Waals surface area contributed by atoms with Gasteiger partial charge >= 0.3 is 0 Å². The molecule has 0 aromatic carbocycles. The van der Waals surface area contributed by atoms with Gasteiger partial charge in [-0.2, -0.15) is 0 Å². The molecule has 0 atom stereocenters. The van der Waals surface area contributed by atoms with E-state index in [0.29, 0.717) is 30.8 Å². The van der Waals surface area contributed by atoms with E-state index in [1.807, 2.05) is 11.8 Å². The number of carbonyl (C=O) groups excluding carboxylic acids is 1. The van der Waals surface area contributed by atoms with E-state index >= 15 is 0 Å². The van der Waals surface area contributed by atoms with Gasteiger partial charge in [-0.05, 0) is 13.3 Å². The van der Waals surface area contributed by atoms with Crippen molar-refractivity contribution < 1.29 is 9.90 Å². The first-order chi connectivity index (χ1) is 7.31. The lowest BCUT2D eigenvalue weighted by Gasteiger charge is -2.19. The molecule has 1 aromatic heterocycles. The third-order valence-electron chi connectivity index (χ3n) is 2.04. The summed E-state index contributed by atoms with van der Waals surface area (Å²) in [6.45, 7) is 3.64. The van der Waals surface area contributed by atoms with Crippen molar-refractivity contribution in [1.82, 2.24) is 9.97 Å². The summed E-state index contributed by atoms with van der Waals surface area (Å²) in [5.74, 6) is 0.594. The van der Waals surface area contributed by atoms with Gasteiger partial charge < -0.3 is 10.0 Å². The van der Waals surface area contributed by atoms with Crippen molar-refractivity contribution in [2.75, 3.05) is 24.6 Å². The van der Waals surface area contributed by atoms with Crippen LogP contribution in [0.3, 0.4) is 0 Å². The predicted molar refractivity (Wildman–Crippen MR) is 57.0 cm³/mol. The van der Waals surface area contributed by atoms with E-state index in [1.54, 1.807) is 0 Å². The van der Waals surface area contributed by atoms with Gasteiger partial charge in [0.1, 0.15) is 0 Å². The first kappa shape index (κ1) is 11.6. The van der Waals surface area contributed by atoms with Crippen molar-refractivity contribution >= 4 is 12.2 Å². The maximum atomic E-state index is 10.4. The zero-order valence-corrected chi connectivity index (χ0v) is 8.76. The molecular formula is C10H15N3O2. The van der Waals surface area contributed by atoms with E-state index in [1.165, 1.54) is 12.4 Å². The molecule has 1 aromatic rings. The van der Waals surface area contributed by atoms with Crippen molar-refractivity contribution in [3.8, 4) is 0 Å². The molecular weight excluding hydrogens is 194 g/mol. The number of nitrogens with zero attached hydrogens (tertiary/aromatic N) is 3. The van der Waals surface area contributed by atoms with Crippen LogP contribution in [0.15, 0.2) is 12.4 Å². The Kier molecular flexibility index (Phi) is 4.70. The van der Waals surface area contributed by atoms with Gasteiger partial charge in [0.2, 0.25) is 5.95 Å². The van der Waals surface area contributed by atoms with Crippen LogP contribution in [0.25, 0.3) is 0 Å². The molecule has 0 radical (unpaired) electrons. The topological polar surface area (TPSA) is 66.3 Å². The molecule has 0 spiro atoms. The lowest BCUT2D eigenvalue weighted by Crippen LogP contribution is -2.26. The van der Waals surface area contributed by atoms with Crippen LogP contribution in [-0.2, 0) is 0 Å². The van der Waals surface area contributed by atoms with E-state index in [9.17, 15) is 4.79 Å². The maximum absolute atomic E-state index is 10.4. The van der Waals surface area contributed by atoms with Gasteiger partial charge in [0.25, 0.3) is 0 Å². The minimum atomic E-state index is 0.156. The van der Waals surface area contributed by atoms with Gasteiger partial charge in [-0.15, -0.1) is 0 Å². The smallest absolute Gasteiger partial charge is 0.225 e. The van der Waals surface area contributed by atoms with Gasteiger partial charge in [-0.25, -0.2) is 9.97 Å². The number of aldehydes is 1. The molecule has 0 bridgehead atoms. The van der Waals surface area contributed by atoms with Gasteiger partial charge in [-0.1, -0.05) is 0 Å². The third-order valence-corrected chi connectivity index (χ3v) is 2.04. The molecule has 5 nitrogen and oxygen atoms in total. The van der Waals surface area contributed by atoms with Crippen LogP contribution in [-0.4, -0.2) is 41.1 Å². The molecule has 0 aliphatic rings. The fraction of sp³-hybridized carbons (Fsp3) is 0.500. The Hall–Kier alpha value is -1.49. The molecule has 0 amide bonds. The van der Waals surface area contributed by atoms with Crippen LogP contribution in [0.4, 0.5) is 5.95 Å². The third kappa shape index (κ3) is 3.28. The summed E-state index contributed by atoms with van der Waals surface area (Å²) in [4.78, 5) is 20.5. The normalized spacial score (nSPS) is 10.0. The van der Waals surface area contributed by atoms with Gasteiger partial charge in [0.05, 0.1) is 5.56 Å². The van der Waals surface area contributed by atoms with Crippen molar-refractivity contribution in [1.29, 1.82) is 0 Å². The van der Waals surface area contributed by atoms with Crippen LogP contribution in [0.5, 0.6) is 0 Å². The van der Waals surface area contributed by atoms with Gasteiger partial charge in [-0.3, -0.25) is 4.79 Å². The summed E-state index contributed by atoms with van der Waals surface area (Å²) < 4.78 is 0. The predicted octanol–water partition coefficient (Wildman–Crippen LogP) is 0.498. The molecule has 0 fully saturated rings. The minimum absolute atomic E-state index is 0.156. The number of aliphatic hydroxyl groups is 1. The Labute approximate surface area is 88.8 Å². The second-order valence-electron chi connectivity index (χ2n) is 3.09. The largest absolute Gasteiger partial charge is 0.396 e. The Balaban J connectivity index is 2.69. The summed E-state index contributed by atoms with van der Waals surface area (Å²) in [6, 6.07) is 0. The second kappa shape index (κ2) is 6.08. The molecule has 15 heavy (non-hydrogen) atoms. The highest BCUT2D eigenvalue weighted by atomic mass is 16.3. The number of hydrogen-bond donors (Lipinski definition) is 1. The quantitative estimate of drug-likeness (QED) is 0.691. The van der Waals surface area contributed by atoms with Gasteiger partial charge in [0.15, 0.2) is 6.29 Å². The van der Waals surface area contributed by atoms with Crippen molar-refractivity contribution in [3.63, 3.8) is 0 Å². The number of aliphatic hydroxyl groups excluding tert-OH is 1. The summed E-state index contributed by atoms with van der Waals surface area (Å²) in [7, 11) is 0. The number of anilines is 1. The van der Waals surface area contributed by atoms with E-state index < -0.39 is 0 Å². The highest BCUT2D eigenvalue weighted by Gasteiger charge is 2.06. The van der Waals surface area contributed by atoms with E-state index in [-0.39, 0.29) is 6.61 Å². The van der Waals surface area contributed by atoms with E-state index in [2.05, 4.69) is 9.97 Å². The van der Waals surface area contributed by atoms with Crippen LogP contribution >= 0.6 is 0 Å². The van der Waals surface area contributed by atoms with Crippen LogP contribution < -0.4 is 4.90 Å².